The summed E-state index contributed by atoms with van der Waals surface area (Å²) in [6.45, 7) is 3.90. The molecule has 0 bridgehead atoms. The van der Waals surface area contributed by atoms with E-state index in [-0.39, 0.29) is 6.04 Å². The van der Waals surface area contributed by atoms with E-state index in [1.54, 1.807) is 0 Å². The van der Waals surface area contributed by atoms with Crippen molar-refractivity contribution in [3.8, 4) is 6.07 Å². The molecule has 74 valence electrons. The Labute approximate surface area is 83.2 Å². The van der Waals surface area contributed by atoms with E-state index in [9.17, 15) is 0 Å². The van der Waals surface area contributed by atoms with Crippen molar-refractivity contribution in [1.29, 1.82) is 5.26 Å². The van der Waals surface area contributed by atoms with Crippen molar-refractivity contribution < 1.29 is 0 Å². The summed E-state index contributed by atoms with van der Waals surface area (Å²) in [6, 6.07) is 2.14. The van der Waals surface area contributed by atoms with Crippen molar-refractivity contribution >= 4 is 5.95 Å². The van der Waals surface area contributed by atoms with Crippen LogP contribution in [0.15, 0.2) is 6.33 Å². The van der Waals surface area contributed by atoms with Crippen LogP contribution in [0.3, 0.4) is 0 Å². The minimum Gasteiger partial charge on any atom is -0.351 e. The summed E-state index contributed by atoms with van der Waals surface area (Å²) >= 11 is 0. The number of nitrogens with zero attached hydrogens (tertiary/aromatic N) is 4. The summed E-state index contributed by atoms with van der Waals surface area (Å²) in [5.74, 6) is 1.30. The Morgan fingerprint density at radius 2 is 2.36 bits per heavy atom. The van der Waals surface area contributed by atoms with Gasteiger partial charge in [-0.2, -0.15) is 10.2 Å². The number of nitrogens with one attached hydrogen (secondary N) is 1. The van der Waals surface area contributed by atoms with Gasteiger partial charge >= 0.3 is 0 Å². The van der Waals surface area contributed by atoms with Crippen LogP contribution in [-0.4, -0.2) is 21.0 Å². The van der Waals surface area contributed by atoms with Crippen LogP contribution in [0.4, 0.5) is 5.95 Å². The Kier molecular flexibility index (Phi) is 3.80. The molecule has 1 aromatic heterocycles. The van der Waals surface area contributed by atoms with Crippen molar-refractivity contribution in [3.63, 3.8) is 0 Å². The molecule has 5 heteroatoms. The van der Waals surface area contributed by atoms with Gasteiger partial charge in [-0.3, -0.25) is 0 Å². The predicted molar refractivity (Wildman–Crippen MR) is 52.5 cm³/mol. The highest BCUT2D eigenvalue weighted by molar-refractivity contribution is 5.24. The first-order chi connectivity index (χ1) is 6.76. The standard InChI is InChI=1S/C9H13N5/c1-3-8-11-6-12-9(14-8)13-7(2)4-5-10/h6-7H,3-4H2,1-2H3,(H,11,12,13,14). The Balaban J connectivity index is 2.63. The topological polar surface area (TPSA) is 74.5 Å². The Bertz CT molecular complexity index is 330. The minimum absolute atomic E-state index is 0.0621. The van der Waals surface area contributed by atoms with Gasteiger partial charge in [0.2, 0.25) is 5.95 Å². The van der Waals surface area contributed by atoms with Crippen molar-refractivity contribution in [2.45, 2.75) is 32.7 Å². The molecule has 0 aliphatic carbocycles. The molecule has 0 spiro atoms. The third-order valence-corrected chi connectivity index (χ3v) is 1.71. The summed E-state index contributed by atoms with van der Waals surface area (Å²) in [7, 11) is 0. The highest BCUT2D eigenvalue weighted by atomic mass is 15.1. The normalized spacial score (nSPS) is 11.8. The lowest BCUT2D eigenvalue weighted by Crippen LogP contribution is -2.16. The zero-order valence-corrected chi connectivity index (χ0v) is 8.36. The van der Waals surface area contributed by atoms with Crippen LogP contribution >= 0.6 is 0 Å². The van der Waals surface area contributed by atoms with E-state index in [4.69, 9.17) is 5.26 Å². The first kappa shape index (κ1) is 10.4. The van der Waals surface area contributed by atoms with Gasteiger partial charge in [-0.15, -0.1) is 0 Å². The lowest BCUT2D eigenvalue weighted by Gasteiger charge is -2.09. The van der Waals surface area contributed by atoms with Gasteiger partial charge in [0, 0.05) is 12.5 Å². The maximum atomic E-state index is 8.47. The molecular formula is C9H13N5. The second-order valence-electron chi connectivity index (χ2n) is 2.99. The van der Waals surface area contributed by atoms with E-state index in [1.807, 2.05) is 13.8 Å². The van der Waals surface area contributed by atoms with Gasteiger partial charge in [0.25, 0.3) is 0 Å². The van der Waals surface area contributed by atoms with E-state index in [1.165, 1.54) is 6.33 Å². The maximum Gasteiger partial charge on any atom is 0.226 e. The van der Waals surface area contributed by atoms with Crippen LogP contribution < -0.4 is 5.32 Å². The number of aryl methyl sites for hydroxylation is 1. The minimum atomic E-state index is 0.0621. The molecule has 0 saturated carbocycles. The molecule has 1 atom stereocenters. The summed E-state index contributed by atoms with van der Waals surface area (Å²) in [5.41, 5.74) is 0. The van der Waals surface area contributed by atoms with Crippen LogP contribution in [0.25, 0.3) is 0 Å². The van der Waals surface area contributed by atoms with Crippen molar-refractivity contribution in [2.75, 3.05) is 5.32 Å². The van der Waals surface area contributed by atoms with Crippen LogP contribution in [0.2, 0.25) is 0 Å². The van der Waals surface area contributed by atoms with E-state index in [0.29, 0.717) is 12.4 Å². The third kappa shape index (κ3) is 2.98. The smallest absolute Gasteiger partial charge is 0.226 e. The molecule has 14 heavy (non-hydrogen) atoms. The second-order valence-corrected chi connectivity index (χ2v) is 2.99. The van der Waals surface area contributed by atoms with Gasteiger partial charge in [-0.05, 0) is 6.92 Å². The number of nitriles is 1. The largest absolute Gasteiger partial charge is 0.351 e. The Morgan fingerprint density at radius 1 is 1.57 bits per heavy atom. The molecule has 5 nitrogen and oxygen atoms in total. The Hall–Kier alpha value is -1.70. The fraction of sp³-hybridized carbons (Fsp3) is 0.556. The van der Waals surface area contributed by atoms with Gasteiger partial charge in [0.05, 0.1) is 12.5 Å². The number of hydrogen-bond donors (Lipinski definition) is 1. The van der Waals surface area contributed by atoms with Gasteiger partial charge in [-0.1, -0.05) is 6.92 Å². The molecule has 0 fully saturated rings. The van der Waals surface area contributed by atoms with E-state index in [0.717, 1.165) is 12.2 Å². The van der Waals surface area contributed by atoms with Gasteiger partial charge in [0.15, 0.2) is 0 Å². The molecule has 1 N–H and O–H groups in total. The molecule has 1 aromatic rings. The van der Waals surface area contributed by atoms with Gasteiger partial charge in [0.1, 0.15) is 12.2 Å². The lowest BCUT2D eigenvalue weighted by molar-refractivity contribution is 0.791. The summed E-state index contributed by atoms with van der Waals surface area (Å²) in [5, 5.41) is 11.5. The first-order valence-electron chi connectivity index (χ1n) is 4.57. The summed E-state index contributed by atoms with van der Waals surface area (Å²) in [4.78, 5) is 12.1. The lowest BCUT2D eigenvalue weighted by atomic mass is 10.3. The molecule has 0 aromatic carbocycles. The number of hydrogen-bond acceptors (Lipinski definition) is 5. The van der Waals surface area contributed by atoms with Crippen molar-refractivity contribution in [1.82, 2.24) is 15.0 Å². The van der Waals surface area contributed by atoms with Gasteiger partial charge in [-0.25, -0.2) is 9.97 Å². The van der Waals surface area contributed by atoms with Crippen molar-refractivity contribution in [3.05, 3.63) is 12.2 Å². The Morgan fingerprint density at radius 3 is 3.00 bits per heavy atom. The molecular weight excluding hydrogens is 178 g/mol. The van der Waals surface area contributed by atoms with Crippen LogP contribution in [0.1, 0.15) is 26.1 Å². The predicted octanol–water partition coefficient (Wildman–Crippen LogP) is 1.15. The molecule has 0 amide bonds. The van der Waals surface area contributed by atoms with E-state index >= 15 is 0 Å². The fourth-order valence-electron chi connectivity index (χ4n) is 0.978. The molecule has 0 saturated heterocycles. The van der Waals surface area contributed by atoms with E-state index < -0.39 is 0 Å². The monoisotopic (exact) mass is 191 g/mol. The average Bonchev–Trinajstić information content (AvgIpc) is 2.18. The molecule has 1 unspecified atom stereocenters. The zero-order chi connectivity index (χ0) is 10.4. The van der Waals surface area contributed by atoms with Gasteiger partial charge < -0.3 is 5.32 Å². The van der Waals surface area contributed by atoms with Crippen LogP contribution in [-0.2, 0) is 6.42 Å². The fourth-order valence-corrected chi connectivity index (χ4v) is 0.978. The molecule has 0 radical (unpaired) electrons. The quantitative estimate of drug-likeness (QED) is 0.772. The maximum absolute atomic E-state index is 8.47. The number of anilines is 1. The zero-order valence-electron chi connectivity index (χ0n) is 8.36. The number of rotatable bonds is 4. The SMILES string of the molecule is CCc1ncnc(NC(C)CC#N)n1. The highest BCUT2D eigenvalue weighted by Gasteiger charge is 2.03. The average molecular weight is 191 g/mol. The van der Waals surface area contributed by atoms with Crippen LogP contribution in [0, 0.1) is 11.3 Å². The first-order valence-corrected chi connectivity index (χ1v) is 4.57. The summed E-state index contributed by atoms with van der Waals surface area (Å²) in [6.07, 6.45) is 2.70. The third-order valence-electron chi connectivity index (χ3n) is 1.71. The molecule has 0 aliphatic heterocycles. The second kappa shape index (κ2) is 5.12. The van der Waals surface area contributed by atoms with Crippen molar-refractivity contribution in [2.24, 2.45) is 0 Å². The number of aromatic nitrogens is 3. The highest BCUT2D eigenvalue weighted by Crippen LogP contribution is 2.02. The molecule has 1 rings (SSSR count). The molecule has 1 heterocycles. The van der Waals surface area contributed by atoms with E-state index in [2.05, 4.69) is 26.3 Å². The molecule has 0 aliphatic rings. The van der Waals surface area contributed by atoms with Crippen LogP contribution in [0.5, 0.6) is 0 Å². The summed E-state index contributed by atoms with van der Waals surface area (Å²) < 4.78 is 0.